The normalized spacial score (nSPS) is 11.7. The lowest BCUT2D eigenvalue weighted by molar-refractivity contribution is 1.32. The summed E-state index contributed by atoms with van der Waals surface area (Å²) in [6, 6.07) is 11.7. The largest absolute Gasteiger partial charge is 0.265 e. The summed E-state index contributed by atoms with van der Waals surface area (Å²) in [6.07, 6.45) is 3.31. The molecule has 0 unspecified atom stereocenters. The number of pyridine rings is 1. The maximum Gasteiger partial charge on any atom is 0.101 e. The highest BCUT2D eigenvalue weighted by Gasteiger charge is 2.13. The van der Waals surface area contributed by atoms with E-state index in [9.17, 15) is 5.26 Å². The first kappa shape index (κ1) is 13.3. The number of hydrogen-bond acceptors (Lipinski definition) is 2. The second-order valence-corrected chi connectivity index (χ2v) is 4.68. The van der Waals surface area contributed by atoms with Gasteiger partial charge in [0, 0.05) is 18.0 Å². The lowest BCUT2D eigenvalue weighted by atomic mass is 9.98. The minimum atomic E-state index is 0.474. The van der Waals surface area contributed by atoms with Crippen molar-refractivity contribution in [1.29, 1.82) is 5.26 Å². The molecule has 0 N–H and O–H groups in total. The maximum absolute atomic E-state index is 9.38. The first-order valence-electron chi connectivity index (χ1n) is 5.92. The van der Waals surface area contributed by atoms with Crippen LogP contribution in [-0.4, -0.2) is 4.98 Å². The number of rotatable bonds is 2. The number of halogens is 1. The minimum Gasteiger partial charge on any atom is -0.265 e. The van der Waals surface area contributed by atoms with Crippen molar-refractivity contribution in [2.24, 2.45) is 0 Å². The molecule has 1 aromatic heterocycles. The molecular weight excluding hydrogens is 256 g/mol. The number of nitriles is 1. The zero-order valence-corrected chi connectivity index (χ0v) is 11.6. The highest BCUT2D eigenvalue weighted by molar-refractivity contribution is 6.53. The standard InChI is InChI=1S/C16H13ClN2/c1-11-4-3-5-12(2)15(11)16(17)14(10-18)13-6-8-19-9-7-13/h3-9H,1-2H3/b16-14+. The molecule has 0 fully saturated rings. The van der Waals surface area contributed by atoms with Crippen LogP contribution < -0.4 is 0 Å². The molecule has 94 valence electrons. The fraction of sp³-hybridized carbons (Fsp3) is 0.125. The number of aromatic nitrogens is 1. The Morgan fingerprint density at radius 3 is 2.21 bits per heavy atom. The van der Waals surface area contributed by atoms with Crippen molar-refractivity contribution in [2.75, 3.05) is 0 Å². The highest BCUT2D eigenvalue weighted by atomic mass is 35.5. The summed E-state index contributed by atoms with van der Waals surface area (Å²) in [4.78, 5) is 3.95. The molecule has 1 aromatic carbocycles. The Hall–Kier alpha value is -2.11. The van der Waals surface area contributed by atoms with Crippen LogP contribution in [-0.2, 0) is 0 Å². The van der Waals surface area contributed by atoms with E-state index >= 15 is 0 Å². The van der Waals surface area contributed by atoms with Gasteiger partial charge in [-0.15, -0.1) is 0 Å². The van der Waals surface area contributed by atoms with E-state index in [1.54, 1.807) is 24.5 Å². The van der Waals surface area contributed by atoms with E-state index < -0.39 is 0 Å². The van der Waals surface area contributed by atoms with E-state index in [0.717, 1.165) is 22.3 Å². The number of aryl methyl sites for hydroxylation is 2. The molecule has 0 bridgehead atoms. The number of benzene rings is 1. The van der Waals surface area contributed by atoms with Gasteiger partial charge in [-0.25, -0.2) is 0 Å². The molecule has 0 saturated carbocycles. The van der Waals surface area contributed by atoms with E-state index in [1.807, 2.05) is 32.0 Å². The molecule has 0 amide bonds. The summed E-state index contributed by atoms with van der Waals surface area (Å²) in [7, 11) is 0. The van der Waals surface area contributed by atoms with Gasteiger partial charge >= 0.3 is 0 Å². The smallest absolute Gasteiger partial charge is 0.101 e. The second kappa shape index (κ2) is 5.69. The van der Waals surface area contributed by atoms with E-state index in [1.165, 1.54) is 0 Å². The van der Waals surface area contributed by atoms with Gasteiger partial charge in [0.15, 0.2) is 0 Å². The quantitative estimate of drug-likeness (QED) is 0.760. The third-order valence-corrected chi connectivity index (χ3v) is 3.38. The average molecular weight is 269 g/mol. The average Bonchev–Trinajstić information content (AvgIpc) is 2.40. The predicted molar refractivity (Wildman–Crippen MR) is 78.4 cm³/mol. The minimum absolute atomic E-state index is 0.474. The van der Waals surface area contributed by atoms with Crippen molar-refractivity contribution < 1.29 is 0 Å². The molecular formula is C16H13ClN2. The van der Waals surface area contributed by atoms with Gasteiger partial charge < -0.3 is 0 Å². The second-order valence-electron chi connectivity index (χ2n) is 4.30. The zero-order valence-electron chi connectivity index (χ0n) is 10.8. The predicted octanol–water partition coefficient (Wildman–Crippen LogP) is 4.33. The van der Waals surface area contributed by atoms with Crippen LogP contribution in [0.1, 0.15) is 22.3 Å². The topological polar surface area (TPSA) is 36.7 Å². The summed E-state index contributed by atoms with van der Waals surface area (Å²) in [6.45, 7) is 3.98. The highest BCUT2D eigenvalue weighted by Crippen LogP contribution is 2.32. The SMILES string of the molecule is Cc1cccc(C)c1/C(Cl)=C(/C#N)c1ccncc1. The molecule has 2 nitrogen and oxygen atoms in total. The van der Waals surface area contributed by atoms with E-state index in [4.69, 9.17) is 11.6 Å². The van der Waals surface area contributed by atoms with Gasteiger partial charge in [0.05, 0.1) is 10.6 Å². The van der Waals surface area contributed by atoms with Gasteiger partial charge in [0.1, 0.15) is 6.07 Å². The lowest BCUT2D eigenvalue weighted by Crippen LogP contribution is -1.92. The van der Waals surface area contributed by atoms with Gasteiger partial charge in [-0.1, -0.05) is 29.8 Å². The fourth-order valence-corrected chi connectivity index (χ4v) is 2.49. The molecule has 19 heavy (non-hydrogen) atoms. The molecule has 2 rings (SSSR count). The van der Waals surface area contributed by atoms with Crippen LogP contribution in [0.4, 0.5) is 0 Å². The van der Waals surface area contributed by atoms with Crippen molar-refractivity contribution >= 4 is 22.2 Å². The molecule has 1 heterocycles. The van der Waals surface area contributed by atoms with Crippen LogP contribution in [0.15, 0.2) is 42.7 Å². The molecule has 3 heteroatoms. The van der Waals surface area contributed by atoms with Gasteiger partial charge in [0.2, 0.25) is 0 Å². The first-order chi connectivity index (χ1) is 9.15. The number of allylic oxidation sites excluding steroid dienone is 1. The molecule has 0 aliphatic rings. The van der Waals surface area contributed by atoms with E-state index in [2.05, 4.69) is 11.1 Å². The molecule has 2 aromatic rings. The van der Waals surface area contributed by atoms with Crippen LogP contribution in [0.25, 0.3) is 10.6 Å². The summed E-state index contributed by atoms with van der Waals surface area (Å²) in [5, 5.41) is 9.87. The third kappa shape index (κ3) is 2.67. The van der Waals surface area contributed by atoms with Crippen molar-refractivity contribution in [2.45, 2.75) is 13.8 Å². The van der Waals surface area contributed by atoms with Gasteiger partial charge in [-0.05, 0) is 42.7 Å². The summed E-state index contributed by atoms with van der Waals surface area (Å²) < 4.78 is 0. The Morgan fingerprint density at radius 2 is 1.68 bits per heavy atom. The van der Waals surface area contributed by atoms with Gasteiger partial charge in [-0.3, -0.25) is 4.98 Å². The third-order valence-electron chi connectivity index (χ3n) is 3.00. The van der Waals surface area contributed by atoms with Crippen LogP contribution in [0, 0.1) is 25.2 Å². The molecule has 0 radical (unpaired) electrons. The van der Waals surface area contributed by atoms with E-state index in [0.29, 0.717) is 10.6 Å². The maximum atomic E-state index is 9.38. The Morgan fingerprint density at radius 1 is 1.11 bits per heavy atom. The van der Waals surface area contributed by atoms with Crippen LogP contribution in [0.3, 0.4) is 0 Å². The fourth-order valence-electron chi connectivity index (χ4n) is 2.04. The molecule has 0 aliphatic heterocycles. The van der Waals surface area contributed by atoms with Crippen molar-refractivity contribution in [3.8, 4) is 6.07 Å². The van der Waals surface area contributed by atoms with E-state index in [-0.39, 0.29) is 0 Å². The zero-order chi connectivity index (χ0) is 13.8. The van der Waals surface area contributed by atoms with Crippen LogP contribution in [0.2, 0.25) is 0 Å². The number of nitrogens with zero attached hydrogens (tertiary/aromatic N) is 2. The molecule has 0 atom stereocenters. The lowest BCUT2D eigenvalue weighted by Gasteiger charge is -2.10. The van der Waals surface area contributed by atoms with Crippen molar-refractivity contribution in [3.05, 3.63) is 65.0 Å². The Balaban J connectivity index is 2.67. The van der Waals surface area contributed by atoms with Crippen molar-refractivity contribution in [3.63, 3.8) is 0 Å². The molecule has 0 aliphatic carbocycles. The van der Waals surface area contributed by atoms with Gasteiger partial charge in [-0.2, -0.15) is 5.26 Å². The first-order valence-corrected chi connectivity index (χ1v) is 6.29. The number of hydrogen-bond donors (Lipinski definition) is 0. The Bertz CT molecular complexity index is 647. The Labute approximate surface area is 118 Å². The van der Waals surface area contributed by atoms with Crippen LogP contribution in [0.5, 0.6) is 0 Å². The summed E-state index contributed by atoms with van der Waals surface area (Å²) in [5.41, 5.74) is 4.31. The van der Waals surface area contributed by atoms with Gasteiger partial charge in [0.25, 0.3) is 0 Å². The van der Waals surface area contributed by atoms with Crippen molar-refractivity contribution in [1.82, 2.24) is 4.98 Å². The molecule has 0 saturated heterocycles. The molecule has 0 spiro atoms. The summed E-state index contributed by atoms with van der Waals surface area (Å²) in [5.74, 6) is 0. The summed E-state index contributed by atoms with van der Waals surface area (Å²) >= 11 is 6.45. The van der Waals surface area contributed by atoms with Crippen LogP contribution >= 0.6 is 11.6 Å². The Kier molecular flexibility index (Phi) is 3.99. The monoisotopic (exact) mass is 268 g/mol.